The lowest BCUT2D eigenvalue weighted by Gasteiger charge is -2.05. The molecule has 0 amide bonds. The van der Waals surface area contributed by atoms with E-state index < -0.39 is 43.4 Å². The van der Waals surface area contributed by atoms with Crippen LogP contribution in [-0.4, -0.2) is 26.3 Å². The summed E-state index contributed by atoms with van der Waals surface area (Å²) in [4.78, 5) is 55.2. The molecule has 1 aliphatic carbocycles. The molecule has 0 saturated heterocycles. The highest BCUT2D eigenvalue weighted by molar-refractivity contribution is 6.25. The zero-order valence-corrected chi connectivity index (χ0v) is 12.9. The first-order valence-corrected chi connectivity index (χ1v) is 6.98. The van der Waals surface area contributed by atoms with Gasteiger partial charge in [-0.1, -0.05) is 0 Å². The molecule has 0 heterocycles. The lowest BCUT2D eigenvalue weighted by atomic mass is 9.98. The van der Waals surface area contributed by atoms with Gasteiger partial charge >= 0.3 is 0 Å². The molecule has 0 fully saturated rings. The smallest absolute Gasteiger partial charge is 0.285 e. The van der Waals surface area contributed by atoms with Gasteiger partial charge in [-0.05, 0) is 13.0 Å². The van der Waals surface area contributed by atoms with Crippen LogP contribution in [-0.2, 0) is 0 Å². The summed E-state index contributed by atoms with van der Waals surface area (Å²) in [5.41, 5.74) is -3.59. The van der Waals surface area contributed by atoms with Gasteiger partial charge in [-0.25, -0.2) is 0 Å². The van der Waals surface area contributed by atoms with Crippen LogP contribution in [0.2, 0.25) is 0 Å². The van der Waals surface area contributed by atoms with Crippen LogP contribution >= 0.6 is 0 Å². The topological polar surface area (TPSA) is 164 Å². The van der Waals surface area contributed by atoms with Crippen LogP contribution in [0.25, 0.3) is 11.1 Å². The minimum Gasteiger partial charge on any atom is -0.295 e. The third-order valence-electron chi connectivity index (χ3n) is 3.97. The van der Waals surface area contributed by atoms with Crippen molar-refractivity contribution in [2.45, 2.75) is 6.92 Å². The summed E-state index contributed by atoms with van der Waals surface area (Å²) >= 11 is 0. The number of Topliss-reactive ketones (excluding diaryl/α,β-unsaturated/α-hetero) is 1. The van der Waals surface area contributed by atoms with Crippen molar-refractivity contribution in [2.24, 2.45) is 0 Å². The average Bonchev–Trinajstić information content (AvgIpc) is 2.85. The lowest BCUT2D eigenvalue weighted by molar-refractivity contribution is -0.394. The van der Waals surface area contributed by atoms with E-state index in [0.717, 1.165) is 25.1 Å². The Balaban J connectivity index is 2.48. The molecule has 0 aromatic heterocycles. The Kier molecular flexibility index (Phi) is 3.57. The molecule has 0 atom stereocenters. The number of carbonyl (C=O) groups excluding carboxylic acids is 2. The number of benzene rings is 2. The van der Waals surface area contributed by atoms with Crippen molar-refractivity contribution in [2.75, 3.05) is 0 Å². The predicted octanol–water partition coefficient (Wildman–Crippen LogP) is 2.83. The van der Waals surface area contributed by atoms with Gasteiger partial charge < -0.3 is 0 Å². The van der Waals surface area contributed by atoms with Crippen LogP contribution in [0, 0.1) is 30.3 Å². The van der Waals surface area contributed by atoms with Crippen molar-refractivity contribution in [3.05, 3.63) is 71.3 Å². The summed E-state index contributed by atoms with van der Waals surface area (Å²) in [6.45, 7) is 1.14. The number of hydrogen-bond acceptors (Lipinski definition) is 8. The largest absolute Gasteiger partial charge is 0.295 e. The highest BCUT2D eigenvalue weighted by atomic mass is 16.6. The summed E-state index contributed by atoms with van der Waals surface area (Å²) in [5.74, 6) is -1.40. The zero-order valence-electron chi connectivity index (χ0n) is 12.9. The first-order chi connectivity index (χ1) is 12.1. The highest BCUT2D eigenvalue weighted by Crippen LogP contribution is 2.48. The van der Waals surface area contributed by atoms with E-state index >= 15 is 0 Å². The van der Waals surface area contributed by atoms with Crippen molar-refractivity contribution in [1.29, 1.82) is 0 Å². The number of carbonyl (C=O) groups is 2. The van der Waals surface area contributed by atoms with Crippen molar-refractivity contribution in [3.63, 3.8) is 0 Å². The fraction of sp³-hybridized carbons (Fsp3) is 0.0667. The molecule has 3 rings (SSSR count). The van der Waals surface area contributed by atoms with E-state index in [9.17, 15) is 39.9 Å². The zero-order chi connectivity index (χ0) is 19.3. The predicted molar refractivity (Wildman–Crippen MR) is 85.3 cm³/mol. The second kappa shape index (κ2) is 5.51. The van der Waals surface area contributed by atoms with Crippen LogP contribution in [0.15, 0.2) is 24.3 Å². The maximum absolute atomic E-state index is 12.6. The minimum absolute atomic E-state index is 0.117. The normalized spacial score (nSPS) is 11.7. The molecule has 0 radical (unpaired) electrons. The number of nitro benzene ring substituents is 3. The fourth-order valence-electron chi connectivity index (χ4n) is 2.86. The molecule has 0 aliphatic heterocycles. The molecule has 0 bridgehead atoms. The van der Waals surface area contributed by atoms with Gasteiger partial charge in [0, 0.05) is 28.8 Å². The van der Waals surface area contributed by atoms with Crippen LogP contribution in [0.5, 0.6) is 0 Å². The van der Waals surface area contributed by atoms with Gasteiger partial charge in [0.25, 0.3) is 17.1 Å². The van der Waals surface area contributed by atoms with Gasteiger partial charge in [0.2, 0.25) is 0 Å². The standard InChI is InChI=1S/C15H7N3O8/c1-6(19)7-2-9-13(11(3-7)17(23)24)14-10(15(9)20)4-8(16(21)22)5-12(14)18(25)26/h2-5H,1H3. The number of non-ortho nitro benzene ring substituents is 1. The maximum atomic E-state index is 12.6. The van der Waals surface area contributed by atoms with Crippen LogP contribution < -0.4 is 0 Å². The fourth-order valence-corrected chi connectivity index (χ4v) is 2.86. The molecule has 11 nitrogen and oxygen atoms in total. The van der Waals surface area contributed by atoms with E-state index in [4.69, 9.17) is 0 Å². The molecule has 2 aromatic rings. The van der Waals surface area contributed by atoms with Crippen LogP contribution in [0.4, 0.5) is 17.1 Å². The summed E-state index contributed by atoms with van der Waals surface area (Å²) in [5, 5.41) is 33.8. The number of nitrogens with zero attached hydrogens (tertiary/aromatic N) is 3. The first-order valence-electron chi connectivity index (χ1n) is 6.98. The van der Waals surface area contributed by atoms with Gasteiger partial charge in [0.15, 0.2) is 11.6 Å². The summed E-state index contributed by atoms with van der Waals surface area (Å²) in [6.07, 6.45) is 0. The van der Waals surface area contributed by atoms with E-state index in [1.54, 1.807) is 0 Å². The van der Waals surface area contributed by atoms with E-state index in [-0.39, 0.29) is 27.8 Å². The number of fused-ring (bicyclic) bond motifs is 3. The Morgan fingerprint density at radius 1 is 0.808 bits per heavy atom. The van der Waals surface area contributed by atoms with Crippen molar-refractivity contribution >= 4 is 28.6 Å². The van der Waals surface area contributed by atoms with E-state index in [2.05, 4.69) is 0 Å². The van der Waals surface area contributed by atoms with Gasteiger partial charge in [-0.2, -0.15) is 0 Å². The number of rotatable bonds is 4. The van der Waals surface area contributed by atoms with Crippen molar-refractivity contribution < 1.29 is 24.4 Å². The molecule has 0 N–H and O–H groups in total. The summed E-state index contributed by atoms with van der Waals surface area (Å²) < 4.78 is 0. The third-order valence-corrected chi connectivity index (χ3v) is 3.97. The molecule has 0 saturated carbocycles. The Hall–Kier alpha value is -4.02. The lowest BCUT2D eigenvalue weighted by Crippen LogP contribution is -2.02. The molecular formula is C15H7N3O8. The van der Waals surface area contributed by atoms with E-state index in [0.29, 0.717) is 6.07 Å². The van der Waals surface area contributed by atoms with Gasteiger partial charge in [0.05, 0.1) is 32.0 Å². The Morgan fingerprint density at radius 2 is 1.31 bits per heavy atom. The molecule has 26 heavy (non-hydrogen) atoms. The molecule has 11 heteroatoms. The SMILES string of the molecule is CC(=O)c1cc2c(c([N+](=O)[O-])c1)-c1c(cc([N+](=O)[O-])cc1[N+](=O)[O-])C2=O. The third kappa shape index (κ3) is 2.30. The highest BCUT2D eigenvalue weighted by Gasteiger charge is 2.41. The first kappa shape index (κ1) is 16.8. The quantitative estimate of drug-likeness (QED) is 0.390. The average molecular weight is 357 g/mol. The van der Waals surface area contributed by atoms with Gasteiger partial charge in [-0.15, -0.1) is 0 Å². The Labute approximate surface area is 143 Å². The van der Waals surface area contributed by atoms with Gasteiger partial charge in [-0.3, -0.25) is 39.9 Å². The van der Waals surface area contributed by atoms with Crippen molar-refractivity contribution in [3.8, 4) is 11.1 Å². The van der Waals surface area contributed by atoms with Gasteiger partial charge in [0.1, 0.15) is 0 Å². The van der Waals surface area contributed by atoms with Crippen molar-refractivity contribution in [1.82, 2.24) is 0 Å². The monoisotopic (exact) mass is 357 g/mol. The number of nitro groups is 3. The molecular weight excluding hydrogens is 350 g/mol. The number of hydrogen-bond donors (Lipinski definition) is 0. The molecule has 130 valence electrons. The van der Waals surface area contributed by atoms with E-state index in [1.807, 2.05) is 0 Å². The van der Waals surface area contributed by atoms with Crippen LogP contribution in [0.3, 0.4) is 0 Å². The molecule has 2 aromatic carbocycles. The molecule has 0 unspecified atom stereocenters. The second-order valence-electron chi connectivity index (χ2n) is 5.46. The Morgan fingerprint density at radius 3 is 1.77 bits per heavy atom. The van der Waals surface area contributed by atoms with Crippen LogP contribution in [0.1, 0.15) is 33.2 Å². The van der Waals surface area contributed by atoms with E-state index in [1.165, 1.54) is 0 Å². The minimum atomic E-state index is -0.948. The number of ketones is 2. The molecule has 1 aliphatic rings. The maximum Gasteiger partial charge on any atom is 0.285 e. The Bertz CT molecular complexity index is 990. The summed E-state index contributed by atoms with van der Waals surface area (Å²) in [7, 11) is 0. The molecule has 0 spiro atoms. The summed E-state index contributed by atoms with van der Waals surface area (Å²) in [6, 6.07) is 3.50. The second-order valence-corrected chi connectivity index (χ2v) is 5.46.